The number of benzene rings is 2. The number of fused-ring (bicyclic) bond motifs is 5. The van der Waals surface area contributed by atoms with Crippen LogP contribution in [0.15, 0.2) is 60.8 Å². The van der Waals surface area contributed by atoms with E-state index in [1.165, 1.54) is 17.5 Å². The Labute approximate surface area is 151 Å². The number of halogens is 1. The van der Waals surface area contributed by atoms with Crippen LogP contribution in [0.2, 0.25) is 5.02 Å². The predicted octanol–water partition coefficient (Wildman–Crippen LogP) is 4.92. The first-order valence-electron chi connectivity index (χ1n) is 8.49. The molecule has 5 heteroatoms. The topological polar surface area (TPSA) is 41.1 Å². The zero-order valence-electron chi connectivity index (χ0n) is 13.6. The van der Waals surface area contributed by atoms with E-state index in [2.05, 4.69) is 39.5 Å². The lowest BCUT2D eigenvalue weighted by Gasteiger charge is -2.30. The van der Waals surface area contributed by atoms with Gasteiger partial charge in [-0.15, -0.1) is 0 Å². The zero-order chi connectivity index (χ0) is 16.8. The van der Waals surface area contributed by atoms with Crippen molar-refractivity contribution in [1.82, 2.24) is 9.97 Å². The second-order valence-corrected chi connectivity index (χ2v) is 7.04. The average molecular weight is 349 g/mol. The van der Waals surface area contributed by atoms with Crippen molar-refractivity contribution in [3.05, 3.63) is 76.9 Å². The lowest BCUT2D eigenvalue weighted by Crippen LogP contribution is -2.28. The Morgan fingerprint density at radius 1 is 1.04 bits per heavy atom. The van der Waals surface area contributed by atoms with Crippen molar-refractivity contribution >= 4 is 29.1 Å². The molecule has 1 aliphatic carbocycles. The van der Waals surface area contributed by atoms with Gasteiger partial charge in [-0.3, -0.25) is 0 Å². The number of hydrogen-bond acceptors (Lipinski definition) is 4. The summed E-state index contributed by atoms with van der Waals surface area (Å²) in [7, 11) is 0. The fraction of sp³-hybridized carbons (Fsp3) is 0.200. The highest BCUT2D eigenvalue weighted by Crippen LogP contribution is 2.51. The molecule has 2 bridgehead atoms. The molecule has 0 saturated carbocycles. The summed E-state index contributed by atoms with van der Waals surface area (Å²) in [4.78, 5) is 11.5. The standard InChI is InChI=1S/C20H17ClN4/c21-14-4-3-5-15(11-14)23-20-22-9-8-19(24-20)25-12-13-10-18(25)17-7-2-1-6-16(13)17/h1-9,11,13,18H,10,12H2,(H,22,23,24)/t13-,18+/m1/s1. The third-order valence-electron chi connectivity index (χ3n) is 5.11. The van der Waals surface area contributed by atoms with E-state index in [1.54, 1.807) is 0 Å². The van der Waals surface area contributed by atoms with Crippen molar-refractivity contribution in [2.24, 2.45) is 0 Å². The highest BCUT2D eigenvalue weighted by Gasteiger charge is 2.42. The van der Waals surface area contributed by atoms with Crippen molar-refractivity contribution < 1.29 is 0 Å². The Morgan fingerprint density at radius 2 is 1.92 bits per heavy atom. The van der Waals surface area contributed by atoms with Gasteiger partial charge in [0.1, 0.15) is 5.82 Å². The molecule has 1 aromatic heterocycles. The first kappa shape index (κ1) is 14.7. The molecule has 1 N–H and O–H groups in total. The van der Waals surface area contributed by atoms with E-state index >= 15 is 0 Å². The van der Waals surface area contributed by atoms with Crippen LogP contribution in [0.3, 0.4) is 0 Å². The van der Waals surface area contributed by atoms with Crippen LogP contribution in [0.4, 0.5) is 17.5 Å². The van der Waals surface area contributed by atoms with Crippen LogP contribution >= 0.6 is 11.6 Å². The molecule has 124 valence electrons. The molecule has 2 aliphatic rings. The van der Waals surface area contributed by atoms with Crippen molar-refractivity contribution in [1.29, 1.82) is 0 Å². The van der Waals surface area contributed by atoms with Gasteiger partial charge in [-0.1, -0.05) is 41.9 Å². The highest BCUT2D eigenvalue weighted by atomic mass is 35.5. The number of nitrogens with one attached hydrogen (secondary N) is 1. The molecular weight excluding hydrogens is 332 g/mol. The van der Waals surface area contributed by atoms with Crippen LogP contribution < -0.4 is 10.2 Å². The van der Waals surface area contributed by atoms with Crippen LogP contribution in [0.1, 0.15) is 29.5 Å². The Hall–Kier alpha value is -2.59. The minimum absolute atomic E-state index is 0.426. The maximum absolute atomic E-state index is 6.05. The fourth-order valence-corrected chi connectivity index (χ4v) is 4.25. The van der Waals surface area contributed by atoms with Gasteiger partial charge in [0, 0.05) is 29.4 Å². The molecule has 1 fully saturated rings. The van der Waals surface area contributed by atoms with Crippen molar-refractivity contribution in [3.63, 3.8) is 0 Å². The molecule has 4 nitrogen and oxygen atoms in total. The zero-order valence-corrected chi connectivity index (χ0v) is 14.3. The minimum Gasteiger partial charge on any atom is -0.349 e. The van der Waals surface area contributed by atoms with Gasteiger partial charge in [0.25, 0.3) is 0 Å². The normalized spacial score (nSPS) is 20.6. The third-order valence-corrected chi connectivity index (χ3v) is 5.35. The fourth-order valence-electron chi connectivity index (χ4n) is 4.06. The minimum atomic E-state index is 0.426. The van der Waals surface area contributed by atoms with Crippen molar-refractivity contribution in [2.45, 2.75) is 18.4 Å². The maximum Gasteiger partial charge on any atom is 0.229 e. The Bertz CT molecular complexity index is 942. The van der Waals surface area contributed by atoms with Crippen LogP contribution in [0.25, 0.3) is 0 Å². The maximum atomic E-state index is 6.05. The van der Waals surface area contributed by atoms with Gasteiger partial charge in [-0.25, -0.2) is 4.98 Å². The van der Waals surface area contributed by atoms with E-state index in [1.807, 2.05) is 36.5 Å². The molecule has 25 heavy (non-hydrogen) atoms. The third kappa shape index (κ3) is 2.53. The molecule has 0 spiro atoms. The van der Waals surface area contributed by atoms with Gasteiger partial charge in [0.15, 0.2) is 0 Å². The Balaban J connectivity index is 1.43. The number of aromatic nitrogens is 2. The number of anilines is 3. The van der Waals surface area contributed by atoms with Crippen LogP contribution in [0, 0.1) is 0 Å². The van der Waals surface area contributed by atoms with Gasteiger partial charge in [0.2, 0.25) is 5.95 Å². The Kier molecular flexibility index (Phi) is 3.38. The van der Waals surface area contributed by atoms with E-state index in [0.717, 1.165) is 18.1 Å². The summed E-state index contributed by atoms with van der Waals surface area (Å²) in [6.07, 6.45) is 2.99. The first-order valence-corrected chi connectivity index (χ1v) is 8.87. The largest absolute Gasteiger partial charge is 0.349 e. The van der Waals surface area contributed by atoms with Gasteiger partial charge in [-0.2, -0.15) is 4.98 Å². The molecule has 0 radical (unpaired) electrons. The van der Waals surface area contributed by atoms with Gasteiger partial charge in [0.05, 0.1) is 6.04 Å². The van der Waals surface area contributed by atoms with E-state index in [4.69, 9.17) is 16.6 Å². The summed E-state index contributed by atoms with van der Waals surface area (Å²) in [5.74, 6) is 2.18. The number of nitrogens with zero attached hydrogens (tertiary/aromatic N) is 3. The number of hydrogen-bond donors (Lipinski definition) is 1. The molecule has 1 aliphatic heterocycles. The summed E-state index contributed by atoms with van der Waals surface area (Å²) in [6.45, 7) is 1.02. The molecule has 2 aromatic carbocycles. The van der Waals surface area contributed by atoms with Crippen molar-refractivity contribution in [3.8, 4) is 0 Å². The summed E-state index contributed by atoms with van der Waals surface area (Å²) < 4.78 is 0. The van der Waals surface area contributed by atoms with E-state index < -0.39 is 0 Å². The monoisotopic (exact) mass is 348 g/mol. The van der Waals surface area contributed by atoms with E-state index in [0.29, 0.717) is 22.9 Å². The molecule has 0 amide bonds. The molecule has 2 heterocycles. The second kappa shape index (κ2) is 5.74. The summed E-state index contributed by atoms with van der Waals surface area (Å²) >= 11 is 6.05. The summed E-state index contributed by atoms with van der Waals surface area (Å²) in [5, 5.41) is 3.93. The van der Waals surface area contributed by atoms with Crippen LogP contribution in [-0.2, 0) is 0 Å². The summed E-state index contributed by atoms with van der Waals surface area (Å²) in [6, 6.07) is 18.8. The molecular formula is C20H17ClN4. The molecule has 5 rings (SSSR count). The average Bonchev–Trinajstić information content (AvgIpc) is 3.22. The second-order valence-electron chi connectivity index (χ2n) is 6.60. The quantitative estimate of drug-likeness (QED) is 0.729. The van der Waals surface area contributed by atoms with Gasteiger partial charge in [-0.05, 0) is 41.8 Å². The molecule has 1 saturated heterocycles. The Morgan fingerprint density at radius 3 is 2.80 bits per heavy atom. The molecule has 3 aromatic rings. The molecule has 0 unspecified atom stereocenters. The predicted molar refractivity (Wildman–Crippen MR) is 101 cm³/mol. The lowest BCUT2D eigenvalue weighted by atomic mass is 9.99. The lowest BCUT2D eigenvalue weighted by molar-refractivity contribution is 0.729. The van der Waals surface area contributed by atoms with Crippen LogP contribution in [0.5, 0.6) is 0 Å². The highest BCUT2D eigenvalue weighted by molar-refractivity contribution is 6.30. The molecule has 2 atom stereocenters. The van der Waals surface area contributed by atoms with E-state index in [9.17, 15) is 0 Å². The summed E-state index contributed by atoms with van der Waals surface area (Å²) in [5.41, 5.74) is 3.84. The number of rotatable bonds is 3. The first-order chi connectivity index (χ1) is 12.3. The van der Waals surface area contributed by atoms with Crippen molar-refractivity contribution in [2.75, 3.05) is 16.8 Å². The van der Waals surface area contributed by atoms with Crippen LogP contribution in [-0.4, -0.2) is 16.5 Å². The SMILES string of the molecule is Clc1cccc(Nc2nccc(N3C[C@H]4C[C@H]3c3ccccc34)n2)c1. The van der Waals surface area contributed by atoms with Gasteiger partial charge < -0.3 is 10.2 Å². The smallest absolute Gasteiger partial charge is 0.229 e. The van der Waals surface area contributed by atoms with Gasteiger partial charge >= 0.3 is 0 Å². The van der Waals surface area contributed by atoms with E-state index in [-0.39, 0.29) is 0 Å².